The summed E-state index contributed by atoms with van der Waals surface area (Å²) in [5.41, 5.74) is 0.490. The summed E-state index contributed by atoms with van der Waals surface area (Å²) in [6, 6.07) is 6.20. The molecule has 0 bridgehead atoms. The summed E-state index contributed by atoms with van der Waals surface area (Å²) in [6.07, 6.45) is 4.43. The van der Waals surface area contributed by atoms with Crippen molar-refractivity contribution in [1.82, 2.24) is 14.5 Å². The molecule has 8 heteroatoms. The van der Waals surface area contributed by atoms with Crippen LogP contribution in [-0.2, 0) is 14.8 Å². The van der Waals surface area contributed by atoms with Gasteiger partial charge in [0.15, 0.2) is 5.78 Å². The average molecular weight is 424 g/mol. The zero-order valence-corrected chi connectivity index (χ0v) is 18.5. The first-order valence-electron chi connectivity index (χ1n) is 10.4. The van der Waals surface area contributed by atoms with Crippen molar-refractivity contribution in [1.29, 1.82) is 0 Å². The molecule has 0 radical (unpaired) electrons. The van der Waals surface area contributed by atoms with E-state index in [1.807, 2.05) is 11.8 Å². The number of ketones is 1. The fourth-order valence-electron chi connectivity index (χ4n) is 3.43. The van der Waals surface area contributed by atoms with Crippen LogP contribution in [0.3, 0.4) is 0 Å². The van der Waals surface area contributed by atoms with Crippen LogP contribution >= 0.6 is 0 Å². The largest absolute Gasteiger partial charge is 0.353 e. The lowest BCUT2D eigenvalue weighted by molar-refractivity contribution is -0.123. The third-order valence-electron chi connectivity index (χ3n) is 5.25. The van der Waals surface area contributed by atoms with E-state index < -0.39 is 10.0 Å². The minimum absolute atomic E-state index is 0.00914. The summed E-state index contributed by atoms with van der Waals surface area (Å²) in [7, 11) is -3.59. The van der Waals surface area contributed by atoms with Gasteiger partial charge in [0.25, 0.3) is 0 Å². The van der Waals surface area contributed by atoms with Gasteiger partial charge in [-0.25, -0.2) is 8.42 Å². The first-order chi connectivity index (χ1) is 13.7. The predicted molar refractivity (Wildman–Crippen MR) is 113 cm³/mol. The number of unbranched alkanes of at least 4 members (excludes halogenated alkanes) is 2. The van der Waals surface area contributed by atoms with Crippen LogP contribution in [0.4, 0.5) is 0 Å². The predicted octanol–water partition coefficient (Wildman–Crippen LogP) is 2.28. The van der Waals surface area contributed by atoms with E-state index in [9.17, 15) is 18.0 Å². The van der Waals surface area contributed by atoms with Gasteiger partial charge in [0.2, 0.25) is 15.9 Å². The van der Waals surface area contributed by atoms with Crippen molar-refractivity contribution < 1.29 is 18.0 Å². The van der Waals surface area contributed by atoms with Crippen molar-refractivity contribution in [2.45, 2.75) is 57.4 Å². The normalized spacial score (nSPS) is 17.1. The number of nitrogens with zero attached hydrogens (tertiary/aromatic N) is 2. The second-order valence-corrected chi connectivity index (χ2v) is 9.66. The van der Waals surface area contributed by atoms with E-state index in [4.69, 9.17) is 0 Å². The standard InChI is InChI=1S/C21H33N3O4S/c1-4-5-6-7-17(2)22-21(26)16-23-12-14-24(15-13-23)29(27,28)20-10-8-19(9-11-20)18(3)25/h8-11,17H,4-7,12-16H2,1-3H3,(H,22,26)/t17-/m1/s1. The van der Waals surface area contributed by atoms with Crippen molar-refractivity contribution >= 4 is 21.7 Å². The molecule has 1 saturated heterocycles. The average Bonchev–Trinajstić information content (AvgIpc) is 2.68. The van der Waals surface area contributed by atoms with Gasteiger partial charge >= 0.3 is 0 Å². The monoisotopic (exact) mass is 423 g/mol. The van der Waals surface area contributed by atoms with Crippen molar-refractivity contribution in [3.63, 3.8) is 0 Å². The first kappa shape index (κ1) is 23.5. The molecular formula is C21H33N3O4S. The molecule has 0 unspecified atom stereocenters. The van der Waals surface area contributed by atoms with Gasteiger partial charge in [-0.2, -0.15) is 4.31 Å². The molecule has 162 valence electrons. The van der Waals surface area contributed by atoms with Gasteiger partial charge in [0, 0.05) is 37.8 Å². The number of sulfonamides is 1. The van der Waals surface area contributed by atoms with Crippen LogP contribution in [0, 0.1) is 0 Å². The molecule has 0 spiro atoms. The van der Waals surface area contributed by atoms with E-state index in [1.54, 1.807) is 0 Å². The molecule has 1 aliphatic heterocycles. The summed E-state index contributed by atoms with van der Waals surface area (Å²) >= 11 is 0. The number of nitrogens with one attached hydrogen (secondary N) is 1. The minimum Gasteiger partial charge on any atom is -0.353 e. The summed E-state index contributed by atoms with van der Waals surface area (Å²) < 4.78 is 27.1. The molecule has 1 atom stereocenters. The molecule has 0 saturated carbocycles. The molecule has 2 rings (SSSR count). The van der Waals surface area contributed by atoms with Crippen molar-refractivity contribution in [2.24, 2.45) is 0 Å². The number of piperazine rings is 1. The van der Waals surface area contributed by atoms with Gasteiger partial charge in [-0.05, 0) is 32.4 Å². The van der Waals surface area contributed by atoms with Crippen LogP contribution in [0.25, 0.3) is 0 Å². The number of benzene rings is 1. The zero-order valence-electron chi connectivity index (χ0n) is 17.7. The number of amides is 1. The summed E-state index contributed by atoms with van der Waals surface area (Å²) in [4.78, 5) is 25.8. The number of Topliss-reactive ketones (excluding diaryl/α,β-unsaturated/α-hetero) is 1. The fourth-order valence-corrected chi connectivity index (χ4v) is 4.86. The Hall–Kier alpha value is -1.77. The SMILES string of the molecule is CCCCC[C@@H](C)NC(=O)CN1CCN(S(=O)(=O)c2ccc(C(C)=O)cc2)CC1. The van der Waals surface area contributed by atoms with Crippen LogP contribution in [-0.4, -0.2) is 68.1 Å². The second kappa shape index (κ2) is 10.8. The third kappa shape index (κ3) is 6.90. The van der Waals surface area contributed by atoms with E-state index in [-0.39, 0.29) is 22.6 Å². The summed E-state index contributed by atoms with van der Waals surface area (Å²) in [5, 5.41) is 3.03. The third-order valence-corrected chi connectivity index (χ3v) is 7.16. The van der Waals surface area contributed by atoms with Crippen LogP contribution in [0.15, 0.2) is 29.2 Å². The van der Waals surface area contributed by atoms with E-state index >= 15 is 0 Å². The number of carbonyl (C=O) groups excluding carboxylic acids is 2. The first-order valence-corrected chi connectivity index (χ1v) is 11.8. The summed E-state index contributed by atoms with van der Waals surface area (Å²) in [5.74, 6) is -0.106. The Bertz CT molecular complexity index is 785. The zero-order chi connectivity index (χ0) is 21.4. The molecule has 29 heavy (non-hydrogen) atoms. The highest BCUT2D eigenvalue weighted by Crippen LogP contribution is 2.18. The molecule has 1 N–H and O–H groups in total. The Kier molecular flexibility index (Phi) is 8.79. The van der Waals surface area contributed by atoms with Gasteiger partial charge < -0.3 is 5.32 Å². The Morgan fingerprint density at radius 3 is 2.24 bits per heavy atom. The van der Waals surface area contributed by atoms with E-state index in [2.05, 4.69) is 12.2 Å². The summed E-state index contributed by atoms with van der Waals surface area (Å²) in [6.45, 7) is 7.64. The van der Waals surface area contributed by atoms with Gasteiger partial charge in [-0.1, -0.05) is 38.3 Å². The Morgan fingerprint density at radius 1 is 1.07 bits per heavy atom. The molecule has 1 aromatic rings. The second-order valence-electron chi connectivity index (χ2n) is 7.73. The Morgan fingerprint density at radius 2 is 1.69 bits per heavy atom. The maximum Gasteiger partial charge on any atom is 0.243 e. The molecule has 1 heterocycles. The lowest BCUT2D eigenvalue weighted by Crippen LogP contribution is -2.51. The minimum atomic E-state index is -3.59. The molecule has 0 aliphatic carbocycles. The van der Waals surface area contributed by atoms with Gasteiger partial charge in [-0.3, -0.25) is 14.5 Å². The smallest absolute Gasteiger partial charge is 0.243 e. The topological polar surface area (TPSA) is 86.8 Å². The van der Waals surface area contributed by atoms with Crippen molar-refractivity contribution in [3.8, 4) is 0 Å². The number of rotatable bonds is 10. The van der Waals surface area contributed by atoms with Crippen LogP contribution in [0.1, 0.15) is 56.8 Å². The van der Waals surface area contributed by atoms with Crippen LogP contribution in [0.2, 0.25) is 0 Å². The quantitative estimate of drug-likeness (QED) is 0.461. The van der Waals surface area contributed by atoms with E-state index in [1.165, 1.54) is 41.9 Å². The Labute approximate surface area is 174 Å². The fraction of sp³-hybridized carbons (Fsp3) is 0.619. The maximum atomic E-state index is 12.8. The highest BCUT2D eigenvalue weighted by atomic mass is 32.2. The lowest BCUT2D eigenvalue weighted by Gasteiger charge is -2.33. The molecule has 1 aliphatic rings. The number of hydrogen-bond donors (Lipinski definition) is 1. The molecule has 0 aromatic heterocycles. The molecule has 7 nitrogen and oxygen atoms in total. The van der Waals surface area contributed by atoms with Gasteiger partial charge in [-0.15, -0.1) is 0 Å². The lowest BCUT2D eigenvalue weighted by atomic mass is 10.1. The molecule has 1 amide bonds. The molecule has 1 aromatic carbocycles. The van der Waals surface area contributed by atoms with E-state index in [0.717, 1.165) is 19.3 Å². The van der Waals surface area contributed by atoms with Crippen LogP contribution in [0.5, 0.6) is 0 Å². The number of hydrogen-bond acceptors (Lipinski definition) is 5. The maximum absolute atomic E-state index is 12.8. The van der Waals surface area contributed by atoms with Gasteiger partial charge in [0.05, 0.1) is 11.4 Å². The van der Waals surface area contributed by atoms with Crippen molar-refractivity contribution in [2.75, 3.05) is 32.7 Å². The molecule has 1 fully saturated rings. The Balaban J connectivity index is 1.83. The highest BCUT2D eigenvalue weighted by molar-refractivity contribution is 7.89. The van der Waals surface area contributed by atoms with Gasteiger partial charge in [0.1, 0.15) is 0 Å². The van der Waals surface area contributed by atoms with Crippen molar-refractivity contribution in [3.05, 3.63) is 29.8 Å². The molecular weight excluding hydrogens is 390 g/mol. The van der Waals surface area contributed by atoms with E-state index in [0.29, 0.717) is 38.3 Å². The number of carbonyl (C=O) groups is 2. The van der Waals surface area contributed by atoms with Crippen LogP contribution < -0.4 is 5.32 Å². The highest BCUT2D eigenvalue weighted by Gasteiger charge is 2.29.